The highest BCUT2D eigenvalue weighted by Crippen LogP contribution is 2.34. The van der Waals surface area contributed by atoms with Crippen LogP contribution in [0.2, 0.25) is 0 Å². The third kappa shape index (κ3) is 3.06. The van der Waals surface area contributed by atoms with E-state index in [0.29, 0.717) is 5.92 Å². The molecule has 6 nitrogen and oxygen atoms in total. The molecule has 6 rings (SSSR count). The Morgan fingerprint density at radius 3 is 2.67 bits per heavy atom. The van der Waals surface area contributed by atoms with Gasteiger partial charge in [-0.2, -0.15) is 5.10 Å². The van der Waals surface area contributed by atoms with Crippen molar-refractivity contribution in [2.45, 2.75) is 38.0 Å². The number of H-pyrrole nitrogens is 2. The summed E-state index contributed by atoms with van der Waals surface area (Å²) < 4.78 is 0. The average Bonchev–Trinajstić information content (AvgIpc) is 3.43. The van der Waals surface area contributed by atoms with Crippen molar-refractivity contribution in [1.29, 1.82) is 0 Å². The molecule has 3 aromatic heterocycles. The number of rotatable bonds is 3. The fourth-order valence-electron chi connectivity index (χ4n) is 5.12. The van der Waals surface area contributed by atoms with Crippen LogP contribution in [0.1, 0.15) is 43.7 Å². The first kappa shape index (κ1) is 18.0. The predicted octanol–water partition coefficient (Wildman–Crippen LogP) is 4.56. The molecule has 5 heterocycles. The van der Waals surface area contributed by atoms with Gasteiger partial charge in [-0.15, -0.1) is 0 Å². The van der Waals surface area contributed by atoms with Crippen molar-refractivity contribution in [2.24, 2.45) is 0 Å². The van der Waals surface area contributed by atoms with Gasteiger partial charge in [0.05, 0.1) is 11.2 Å². The molecule has 0 bridgehead atoms. The van der Waals surface area contributed by atoms with Gasteiger partial charge in [0, 0.05) is 41.3 Å². The largest absolute Gasteiger partial charge is 0.371 e. The lowest BCUT2D eigenvalue weighted by molar-refractivity contribution is 0.454. The SMILES string of the molecule is c1cc(N2CCCCC2)c2cc(-c3n[nH]c4ccc(C5CCNCC5)nc34)[nH]c2c1. The van der Waals surface area contributed by atoms with Gasteiger partial charge in [-0.1, -0.05) is 6.07 Å². The first-order chi connectivity index (χ1) is 14.9. The molecule has 6 heteroatoms. The zero-order valence-electron chi connectivity index (χ0n) is 17.2. The Hall–Kier alpha value is -2.86. The van der Waals surface area contributed by atoms with Gasteiger partial charge in [0.15, 0.2) is 0 Å². The van der Waals surface area contributed by atoms with E-state index in [0.717, 1.165) is 61.4 Å². The van der Waals surface area contributed by atoms with Gasteiger partial charge in [-0.3, -0.25) is 5.10 Å². The molecule has 0 spiro atoms. The molecule has 30 heavy (non-hydrogen) atoms. The molecular formula is C24H28N6. The van der Waals surface area contributed by atoms with E-state index >= 15 is 0 Å². The van der Waals surface area contributed by atoms with Gasteiger partial charge < -0.3 is 15.2 Å². The number of nitrogens with zero attached hydrogens (tertiary/aromatic N) is 3. The van der Waals surface area contributed by atoms with Crippen LogP contribution < -0.4 is 10.2 Å². The van der Waals surface area contributed by atoms with Crippen LogP contribution in [0.25, 0.3) is 33.3 Å². The zero-order chi connectivity index (χ0) is 19.9. The molecule has 0 atom stereocenters. The lowest BCUT2D eigenvalue weighted by atomic mass is 9.94. The van der Waals surface area contributed by atoms with Crippen molar-refractivity contribution in [3.8, 4) is 11.4 Å². The maximum atomic E-state index is 5.07. The molecule has 2 fully saturated rings. The molecule has 0 unspecified atom stereocenters. The summed E-state index contributed by atoms with van der Waals surface area (Å²) in [5.41, 5.74) is 7.61. The van der Waals surface area contributed by atoms with Crippen molar-refractivity contribution in [1.82, 2.24) is 25.5 Å². The molecule has 154 valence electrons. The van der Waals surface area contributed by atoms with Crippen molar-refractivity contribution < 1.29 is 0 Å². The summed E-state index contributed by atoms with van der Waals surface area (Å²) in [6.07, 6.45) is 6.20. The lowest BCUT2D eigenvalue weighted by Gasteiger charge is -2.29. The first-order valence-electron chi connectivity index (χ1n) is 11.3. The second-order valence-electron chi connectivity index (χ2n) is 8.70. The Morgan fingerprint density at radius 1 is 0.933 bits per heavy atom. The highest BCUT2D eigenvalue weighted by atomic mass is 15.1. The number of nitrogens with one attached hydrogen (secondary N) is 3. The summed E-state index contributed by atoms with van der Waals surface area (Å²) in [7, 11) is 0. The van der Waals surface area contributed by atoms with Gasteiger partial charge >= 0.3 is 0 Å². The fourth-order valence-corrected chi connectivity index (χ4v) is 5.12. The topological polar surface area (TPSA) is 72.6 Å². The Balaban J connectivity index is 1.42. The standard InChI is InChI=1S/C24H28N6/c1-2-13-30(14-3-1)22-6-4-5-19-17(22)15-21(26-19)24-23-20(28-29-24)8-7-18(27-23)16-9-11-25-12-10-16/h4-8,15-16,25-26H,1-3,9-14H2,(H,28,29). The number of aromatic amines is 2. The summed E-state index contributed by atoms with van der Waals surface area (Å²) in [4.78, 5) is 11.2. The normalized spacial score (nSPS) is 18.5. The third-order valence-corrected chi connectivity index (χ3v) is 6.78. The van der Waals surface area contributed by atoms with Gasteiger partial charge in [0.25, 0.3) is 0 Å². The van der Waals surface area contributed by atoms with Crippen LogP contribution >= 0.6 is 0 Å². The average molecular weight is 401 g/mol. The molecule has 2 aliphatic rings. The van der Waals surface area contributed by atoms with Crippen LogP contribution in [0, 0.1) is 0 Å². The van der Waals surface area contributed by atoms with Crippen LogP contribution in [0.5, 0.6) is 0 Å². The number of piperidine rings is 2. The summed E-state index contributed by atoms with van der Waals surface area (Å²) in [6.45, 7) is 4.44. The number of anilines is 1. The zero-order valence-corrected chi connectivity index (χ0v) is 17.2. The maximum Gasteiger partial charge on any atom is 0.135 e. The molecule has 2 aliphatic heterocycles. The second-order valence-corrected chi connectivity index (χ2v) is 8.70. The Kier molecular flexibility index (Phi) is 4.45. The highest BCUT2D eigenvalue weighted by Gasteiger charge is 2.20. The van der Waals surface area contributed by atoms with Crippen LogP contribution in [-0.4, -0.2) is 46.3 Å². The van der Waals surface area contributed by atoms with Gasteiger partial charge in [-0.25, -0.2) is 4.98 Å². The minimum Gasteiger partial charge on any atom is -0.371 e. The van der Waals surface area contributed by atoms with Gasteiger partial charge in [0.2, 0.25) is 0 Å². The fraction of sp³-hybridized carbons (Fsp3) is 0.417. The van der Waals surface area contributed by atoms with Crippen molar-refractivity contribution in [3.05, 3.63) is 42.1 Å². The molecule has 0 saturated carbocycles. The monoisotopic (exact) mass is 400 g/mol. The maximum absolute atomic E-state index is 5.07. The van der Waals surface area contributed by atoms with E-state index < -0.39 is 0 Å². The third-order valence-electron chi connectivity index (χ3n) is 6.78. The molecule has 2 saturated heterocycles. The second kappa shape index (κ2) is 7.43. The van der Waals surface area contributed by atoms with E-state index in [1.807, 2.05) is 0 Å². The Morgan fingerprint density at radius 2 is 1.80 bits per heavy atom. The number of aromatic nitrogens is 4. The molecular weight excluding hydrogens is 372 g/mol. The van der Waals surface area contributed by atoms with E-state index in [-0.39, 0.29) is 0 Å². The smallest absolute Gasteiger partial charge is 0.135 e. The molecule has 1 aromatic carbocycles. The van der Waals surface area contributed by atoms with E-state index in [9.17, 15) is 0 Å². The minimum absolute atomic E-state index is 0.534. The Bertz CT molecular complexity index is 1180. The minimum atomic E-state index is 0.534. The quantitative estimate of drug-likeness (QED) is 0.471. The van der Waals surface area contributed by atoms with Gasteiger partial charge in [0.1, 0.15) is 11.2 Å². The molecule has 4 aromatic rings. The van der Waals surface area contributed by atoms with Gasteiger partial charge in [-0.05, 0) is 75.5 Å². The predicted molar refractivity (Wildman–Crippen MR) is 122 cm³/mol. The summed E-state index contributed by atoms with van der Waals surface area (Å²) in [5.74, 6) is 0.534. The number of fused-ring (bicyclic) bond motifs is 2. The van der Waals surface area contributed by atoms with Crippen LogP contribution in [0.3, 0.4) is 0 Å². The molecule has 0 amide bonds. The van der Waals surface area contributed by atoms with Crippen LogP contribution in [-0.2, 0) is 0 Å². The van der Waals surface area contributed by atoms with E-state index in [1.54, 1.807) is 0 Å². The number of hydrogen-bond acceptors (Lipinski definition) is 4. The number of hydrogen-bond donors (Lipinski definition) is 3. The van der Waals surface area contributed by atoms with E-state index in [4.69, 9.17) is 4.98 Å². The van der Waals surface area contributed by atoms with Crippen LogP contribution in [0.15, 0.2) is 36.4 Å². The molecule has 3 N–H and O–H groups in total. The lowest BCUT2D eigenvalue weighted by Crippen LogP contribution is -2.29. The highest BCUT2D eigenvalue weighted by molar-refractivity contribution is 5.98. The van der Waals surface area contributed by atoms with Crippen molar-refractivity contribution in [3.63, 3.8) is 0 Å². The number of pyridine rings is 1. The molecule has 0 radical (unpaired) electrons. The summed E-state index contributed by atoms with van der Waals surface area (Å²) >= 11 is 0. The van der Waals surface area contributed by atoms with E-state index in [2.05, 4.69) is 61.8 Å². The van der Waals surface area contributed by atoms with Crippen molar-refractivity contribution >= 4 is 27.6 Å². The van der Waals surface area contributed by atoms with Crippen LogP contribution in [0.4, 0.5) is 5.69 Å². The summed E-state index contributed by atoms with van der Waals surface area (Å²) in [6, 6.07) is 13.1. The molecule has 0 aliphatic carbocycles. The Labute approximate surface area is 176 Å². The first-order valence-corrected chi connectivity index (χ1v) is 11.3. The van der Waals surface area contributed by atoms with Crippen molar-refractivity contribution in [2.75, 3.05) is 31.1 Å². The number of benzene rings is 1. The van der Waals surface area contributed by atoms with E-state index in [1.165, 1.54) is 41.5 Å². The summed E-state index contributed by atoms with van der Waals surface area (Å²) in [5, 5.41) is 12.6.